The summed E-state index contributed by atoms with van der Waals surface area (Å²) >= 11 is 0. The second-order valence-corrected chi connectivity index (χ2v) is 1.35. The van der Waals surface area contributed by atoms with E-state index in [-0.39, 0.29) is 71.3 Å². The van der Waals surface area contributed by atoms with E-state index in [9.17, 15) is 0 Å². The van der Waals surface area contributed by atoms with Crippen LogP contribution in [-0.4, -0.2) is 0 Å². The quantitative estimate of drug-likeness (QED) is 0.665. The molecule has 68 valence electrons. The van der Waals surface area contributed by atoms with Crippen LogP contribution in [0, 0.1) is 0 Å². The fraction of sp³-hybridized carbons (Fsp3) is 1.00. The van der Waals surface area contributed by atoms with Crippen LogP contribution in [0.1, 0.15) is 33.1 Å². The molecule has 0 fully saturated rings. The average molecular weight is 266 g/mol. The van der Waals surface area contributed by atoms with Crippen LogP contribution in [0.5, 0.6) is 0 Å². The fourth-order valence-electron chi connectivity index (χ4n) is 0.354. The Morgan fingerprint density at radius 3 is 0.900 bits per heavy atom. The molecular formula is C5H16Cl4Ti. The van der Waals surface area contributed by atoms with E-state index in [2.05, 4.69) is 13.8 Å². The van der Waals surface area contributed by atoms with Gasteiger partial charge < -0.3 is 0 Å². The molecule has 0 spiro atoms. The van der Waals surface area contributed by atoms with Crippen LogP contribution in [0.15, 0.2) is 0 Å². The Labute approximate surface area is 104 Å². The first-order valence-electron chi connectivity index (χ1n) is 2.41. The van der Waals surface area contributed by atoms with Crippen molar-refractivity contribution in [2.75, 3.05) is 0 Å². The van der Waals surface area contributed by atoms with Crippen molar-refractivity contribution in [3.8, 4) is 0 Å². The molecule has 0 aliphatic heterocycles. The molecule has 0 heterocycles. The van der Waals surface area contributed by atoms with Gasteiger partial charge in [-0.25, -0.2) is 0 Å². The summed E-state index contributed by atoms with van der Waals surface area (Å²) in [4.78, 5) is 0. The van der Waals surface area contributed by atoms with E-state index >= 15 is 0 Å². The summed E-state index contributed by atoms with van der Waals surface area (Å²) in [5, 5.41) is 0. The Kier molecular flexibility index (Phi) is 182. The van der Waals surface area contributed by atoms with Gasteiger partial charge in [-0.3, -0.25) is 0 Å². The summed E-state index contributed by atoms with van der Waals surface area (Å²) in [5.41, 5.74) is 0. The van der Waals surface area contributed by atoms with E-state index in [0.717, 1.165) is 0 Å². The van der Waals surface area contributed by atoms with Crippen molar-refractivity contribution >= 4 is 49.6 Å². The number of rotatable bonds is 2. The van der Waals surface area contributed by atoms with E-state index < -0.39 is 0 Å². The van der Waals surface area contributed by atoms with Crippen LogP contribution < -0.4 is 0 Å². The molecule has 0 radical (unpaired) electrons. The standard InChI is InChI=1S/C5H12.4ClH.Ti/c1-3-5-4-2;;;;;/h3-5H2,1-2H3;4*1H;. The molecule has 0 aromatic heterocycles. The van der Waals surface area contributed by atoms with Crippen molar-refractivity contribution in [3.05, 3.63) is 0 Å². The van der Waals surface area contributed by atoms with Gasteiger partial charge in [0.05, 0.1) is 0 Å². The monoisotopic (exact) mass is 264 g/mol. The summed E-state index contributed by atoms with van der Waals surface area (Å²) in [6.07, 6.45) is 4.08. The van der Waals surface area contributed by atoms with Crippen LogP contribution in [0.3, 0.4) is 0 Å². The molecular weight excluding hydrogens is 250 g/mol. The van der Waals surface area contributed by atoms with Gasteiger partial charge in [0.15, 0.2) is 0 Å². The number of unbranched alkanes of at least 4 members (excludes halogenated alkanes) is 2. The van der Waals surface area contributed by atoms with Gasteiger partial charge >= 0.3 is 0 Å². The van der Waals surface area contributed by atoms with E-state index in [0.29, 0.717) is 0 Å². The maximum atomic E-state index is 2.21. The molecule has 10 heavy (non-hydrogen) atoms. The van der Waals surface area contributed by atoms with Crippen molar-refractivity contribution in [1.82, 2.24) is 0 Å². The predicted molar refractivity (Wildman–Crippen MR) is 54.2 cm³/mol. The molecule has 0 bridgehead atoms. The van der Waals surface area contributed by atoms with Gasteiger partial charge in [0.1, 0.15) is 0 Å². The van der Waals surface area contributed by atoms with Crippen molar-refractivity contribution in [2.45, 2.75) is 33.1 Å². The minimum atomic E-state index is 0. The SMILES string of the molecule is CCCCC.Cl.Cl.Cl.Cl.[Ti]. The predicted octanol–water partition coefficient (Wildman–Crippen LogP) is 3.88. The zero-order chi connectivity index (χ0) is 4.12. The van der Waals surface area contributed by atoms with Crippen molar-refractivity contribution in [2.24, 2.45) is 0 Å². The first-order valence-corrected chi connectivity index (χ1v) is 2.41. The van der Waals surface area contributed by atoms with Crippen molar-refractivity contribution in [3.63, 3.8) is 0 Å². The Morgan fingerprint density at radius 1 is 0.700 bits per heavy atom. The molecule has 0 nitrogen and oxygen atoms in total. The maximum Gasteiger partial charge on any atom is 0 e. The third-order valence-corrected chi connectivity index (χ3v) is 0.707. The second kappa shape index (κ2) is 44.6. The molecule has 0 saturated carbocycles. The molecule has 0 rings (SSSR count). The number of halogens is 4. The maximum absolute atomic E-state index is 2.21. The molecule has 0 unspecified atom stereocenters. The smallest absolute Gasteiger partial charge is 0 e. The topological polar surface area (TPSA) is 0 Å². The third-order valence-electron chi connectivity index (χ3n) is 0.707. The fourth-order valence-corrected chi connectivity index (χ4v) is 0.354. The molecule has 5 heteroatoms. The average Bonchev–Trinajstić information content (AvgIpc) is 1.41. The zero-order valence-electron chi connectivity index (χ0n) is 6.25. The van der Waals surface area contributed by atoms with Crippen LogP contribution in [0.25, 0.3) is 0 Å². The summed E-state index contributed by atoms with van der Waals surface area (Å²) in [5.74, 6) is 0. The molecule has 0 aliphatic carbocycles. The van der Waals surface area contributed by atoms with Crippen LogP contribution in [0.4, 0.5) is 0 Å². The summed E-state index contributed by atoms with van der Waals surface area (Å²) < 4.78 is 0. The molecule has 0 aromatic rings. The van der Waals surface area contributed by atoms with Gasteiger partial charge in [-0.2, -0.15) is 0 Å². The first-order chi connectivity index (χ1) is 2.41. The van der Waals surface area contributed by atoms with E-state index in [1.807, 2.05) is 0 Å². The minimum absolute atomic E-state index is 0. The second-order valence-electron chi connectivity index (χ2n) is 1.35. The Morgan fingerprint density at radius 2 is 0.900 bits per heavy atom. The Balaban J connectivity index is -0.00000000800. The minimum Gasteiger partial charge on any atom is -0.147 e. The van der Waals surface area contributed by atoms with Crippen molar-refractivity contribution in [1.29, 1.82) is 0 Å². The van der Waals surface area contributed by atoms with E-state index in [1.54, 1.807) is 0 Å². The first kappa shape index (κ1) is 40.7. The normalized spacial score (nSPS) is 4.20. The third kappa shape index (κ3) is 51.8. The summed E-state index contributed by atoms with van der Waals surface area (Å²) in [6, 6.07) is 0. The van der Waals surface area contributed by atoms with Gasteiger partial charge in [0.2, 0.25) is 0 Å². The zero-order valence-corrected chi connectivity index (χ0v) is 11.1. The van der Waals surface area contributed by atoms with Crippen LogP contribution in [-0.2, 0) is 21.7 Å². The summed E-state index contributed by atoms with van der Waals surface area (Å²) in [7, 11) is 0. The number of hydrogen-bond donors (Lipinski definition) is 0. The van der Waals surface area contributed by atoms with Gasteiger partial charge in [-0.15, -0.1) is 49.6 Å². The van der Waals surface area contributed by atoms with E-state index in [1.165, 1.54) is 19.3 Å². The molecule has 0 atom stereocenters. The Hall–Kier alpha value is 1.87. The molecule has 0 aromatic carbocycles. The van der Waals surface area contributed by atoms with Gasteiger partial charge in [0, 0.05) is 21.7 Å². The van der Waals surface area contributed by atoms with Crippen molar-refractivity contribution < 1.29 is 21.7 Å². The van der Waals surface area contributed by atoms with Gasteiger partial charge in [0.25, 0.3) is 0 Å². The number of hydrogen-bond acceptors (Lipinski definition) is 0. The van der Waals surface area contributed by atoms with E-state index in [4.69, 9.17) is 0 Å². The molecule has 0 N–H and O–H groups in total. The summed E-state index contributed by atoms with van der Waals surface area (Å²) in [6.45, 7) is 4.42. The van der Waals surface area contributed by atoms with Gasteiger partial charge in [-0.1, -0.05) is 33.1 Å². The Bertz CT molecular complexity index is 21.1. The molecule has 0 amide bonds. The van der Waals surface area contributed by atoms with Crippen LogP contribution in [0.2, 0.25) is 0 Å². The molecule has 0 aliphatic rings. The van der Waals surface area contributed by atoms with Gasteiger partial charge in [-0.05, 0) is 0 Å². The molecule has 0 saturated heterocycles. The van der Waals surface area contributed by atoms with Crippen LogP contribution >= 0.6 is 49.6 Å². The largest absolute Gasteiger partial charge is 0.147 e.